The molecule has 0 aliphatic rings. The van der Waals surface area contributed by atoms with Gasteiger partial charge in [0, 0.05) is 45.8 Å². The molecule has 0 saturated heterocycles. The minimum atomic E-state index is 0. The van der Waals surface area contributed by atoms with Crippen LogP contribution in [-0.4, -0.2) is 51.3 Å². The second kappa shape index (κ2) is 13.8. The number of guanidine groups is 1. The van der Waals surface area contributed by atoms with Crippen LogP contribution in [0.3, 0.4) is 0 Å². The zero-order chi connectivity index (χ0) is 16.2. The molecule has 0 spiro atoms. The first-order valence-electron chi connectivity index (χ1n) is 7.89. The summed E-state index contributed by atoms with van der Waals surface area (Å²) in [4.78, 5) is 11.1. The van der Waals surface area contributed by atoms with Gasteiger partial charge in [-0.3, -0.25) is 0 Å². The zero-order valence-corrected chi connectivity index (χ0v) is 17.7. The summed E-state index contributed by atoms with van der Waals surface area (Å²) in [7, 11) is 4.00. The van der Waals surface area contributed by atoms with Crippen LogP contribution in [0.2, 0.25) is 0 Å². The first-order chi connectivity index (χ1) is 10.7. The Morgan fingerprint density at radius 2 is 2.09 bits per heavy atom. The lowest BCUT2D eigenvalue weighted by Crippen LogP contribution is -2.37. The molecule has 0 saturated carbocycles. The summed E-state index contributed by atoms with van der Waals surface area (Å²) in [6, 6.07) is 0. The van der Waals surface area contributed by atoms with Crippen LogP contribution in [0.4, 0.5) is 5.13 Å². The monoisotopic (exact) mass is 455 g/mol. The summed E-state index contributed by atoms with van der Waals surface area (Å²) >= 11 is 1.64. The topological polar surface area (TPSA) is 61.8 Å². The van der Waals surface area contributed by atoms with E-state index in [1.54, 1.807) is 11.3 Å². The molecule has 0 aromatic carbocycles. The highest BCUT2D eigenvalue weighted by Crippen LogP contribution is 2.18. The highest BCUT2D eigenvalue weighted by atomic mass is 127. The molecule has 134 valence electrons. The highest BCUT2D eigenvalue weighted by molar-refractivity contribution is 14.0. The van der Waals surface area contributed by atoms with Crippen molar-refractivity contribution in [2.75, 3.05) is 45.3 Å². The molecule has 0 fully saturated rings. The quantitative estimate of drug-likeness (QED) is 0.246. The Bertz CT molecular complexity index is 439. The molecule has 0 amide bonds. The Labute approximate surface area is 161 Å². The smallest absolute Gasteiger partial charge is 0.191 e. The number of hydrogen-bond donors (Lipinski definition) is 2. The Morgan fingerprint density at radius 3 is 2.70 bits per heavy atom. The van der Waals surface area contributed by atoms with Gasteiger partial charge in [0.05, 0.1) is 12.2 Å². The van der Waals surface area contributed by atoms with Crippen LogP contribution >= 0.6 is 35.3 Å². The normalized spacial score (nSPS) is 11.0. The van der Waals surface area contributed by atoms with Crippen LogP contribution in [0.25, 0.3) is 0 Å². The number of rotatable bonds is 10. The van der Waals surface area contributed by atoms with Gasteiger partial charge in [-0.1, -0.05) is 0 Å². The zero-order valence-electron chi connectivity index (χ0n) is 14.6. The third-order valence-electron chi connectivity index (χ3n) is 2.88. The lowest BCUT2D eigenvalue weighted by molar-refractivity contribution is 0.143. The molecule has 8 heteroatoms. The van der Waals surface area contributed by atoms with E-state index in [1.165, 1.54) is 0 Å². The summed E-state index contributed by atoms with van der Waals surface area (Å²) in [6.07, 6.45) is 2.14. The Morgan fingerprint density at radius 1 is 1.30 bits per heavy atom. The molecule has 0 unspecified atom stereocenters. The van der Waals surface area contributed by atoms with Crippen molar-refractivity contribution in [1.29, 1.82) is 0 Å². The van der Waals surface area contributed by atoms with Crippen molar-refractivity contribution in [3.8, 4) is 0 Å². The molecule has 1 rings (SSSR count). The second-order valence-electron chi connectivity index (χ2n) is 5.04. The molecule has 0 aliphatic heterocycles. The predicted octanol–water partition coefficient (Wildman–Crippen LogP) is 2.70. The molecule has 2 N–H and O–H groups in total. The van der Waals surface area contributed by atoms with E-state index in [4.69, 9.17) is 4.74 Å². The fourth-order valence-corrected chi connectivity index (χ4v) is 2.51. The first-order valence-corrected chi connectivity index (χ1v) is 8.77. The molecule has 6 nitrogen and oxygen atoms in total. The second-order valence-corrected chi connectivity index (χ2v) is 5.88. The molecule has 1 heterocycles. The summed E-state index contributed by atoms with van der Waals surface area (Å²) in [5, 5.41) is 9.68. The highest BCUT2D eigenvalue weighted by Gasteiger charge is 2.03. The van der Waals surface area contributed by atoms with Gasteiger partial charge in [0.2, 0.25) is 0 Å². The van der Waals surface area contributed by atoms with Crippen LogP contribution in [0, 0.1) is 0 Å². The Hall–Kier alpha value is -0.610. The molecule has 0 radical (unpaired) electrons. The molecular formula is C15H30IN5OS. The van der Waals surface area contributed by atoms with Crippen LogP contribution < -0.4 is 15.5 Å². The molecule has 0 bridgehead atoms. The fourth-order valence-electron chi connectivity index (χ4n) is 1.76. The van der Waals surface area contributed by atoms with Crippen molar-refractivity contribution < 1.29 is 4.74 Å². The van der Waals surface area contributed by atoms with E-state index in [9.17, 15) is 0 Å². The van der Waals surface area contributed by atoms with Crippen molar-refractivity contribution in [3.05, 3.63) is 11.1 Å². The average Bonchev–Trinajstić information content (AvgIpc) is 2.97. The number of unbranched alkanes of at least 4 members (excludes halogenated alkanes) is 1. The van der Waals surface area contributed by atoms with Gasteiger partial charge in [-0.25, -0.2) is 9.98 Å². The van der Waals surface area contributed by atoms with Crippen molar-refractivity contribution in [2.24, 2.45) is 4.99 Å². The van der Waals surface area contributed by atoms with E-state index in [-0.39, 0.29) is 24.0 Å². The summed E-state index contributed by atoms with van der Waals surface area (Å²) in [6.45, 7) is 8.06. The van der Waals surface area contributed by atoms with Gasteiger partial charge in [0.1, 0.15) is 0 Å². The predicted molar refractivity (Wildman–Crippen MR) is 110 cm³/mol. The Kier molecular flexibility index (Phi) is 13.4. The molecule has 1 aromatic rings. The number of ether oxygens (including phenoxy) is 1. The number of nitrogens with one attached hydrogen (secondary N) is 2. The largest absolute Gasteiger partial charge is 0.382 e. The van der Waals surface area contributed by atoms with Gasteiger partial charge in [-0.05, 0) is 26.7 Å². The van der Waals surface area contributed by atoms with E-state index in [0.29, 0.717) is 6.54 Å². The van der Waals surface area contributed by atoms with Gasteiger partial charge < -0.3 is 20.3 Å². The van der Waals surface area contributed by atoms with E-state index in [0.717, 1.165) is 55.9 Å². The first kappa shape index (κ1) is 22.4. The molecule has 0 aliphatic carbocycles. The minimum Gasteiger partial charge on any atom is -0.382 e. The third kappa shape index (κ3) is 9.98. The maximum Gasteiger partial charge on any atom is 0.191 e. The van der Waals surface area contributed by atoms with Gasteiger partial charge >= 0.3 is 0 Å². The van der Waals surface area contributed by atoms with E-state index in [1.807, 2.05) is 25.9 Å². The number of nitrogens with zero attached hydrogens (tertiary/aromatic N) is 3. The standard InChI is InChI=1S/C15H29N5OS.HI/c1-5-16-14(17-9-7-8-10-21-6-2)18-11-13-12-22-15(19-13)20(3)4;/h12H,5-11H2,1-4H3,(H2,16,17,18);1H. The molecular weight excluding hydrogens is 425 g/mol. The summed E-state index contributed by atoms with van der Waals surface area (Å²) in [5.74, 6) is 0.846. The van der Waals surface area contributed by atoms with E-state index in [2.05, 4.69) is 32.9 Å². The van der Waals surface area contributed by atoms with Crippen LogP contribution in [0.1, 0.15) is 32.4 Å². The lowest BCUT2D eigenvalue weighted by atomic mass is 10.3. The maximum atomic E-state index is 5.33. The van der Waals surface area contributed by atoms with Crippen molar-refractivity contribution in [3.63, 3.8) is 0 Å². The average molecular weight is 455 g/mol. The summed E-state index contributed by atoms with van der Waals surface area (Å²) in [5.41, 5.74) is 1.00. The number of anilines is 1. The number of aliphatic imine (C=N–C) groups is 1. The lowest BCUT2D eigenvalue weighted by Gasteiger charge is -2.11. The number of halogens is 1. The maximum absolute atomic E-state index is 5.33. The Balaban J connectivity index is 0.00000484. The molecule has 0 atom stereocenters. The van der Waals surface area contributed by atoms with E-state index < -0.39 is 0 Å². The molecule has 23 heavy (non-hydrogen) atoms. The van der Waals surface area contributed by atoms with Gasteiger partial charge in [0.25, 0.3) is 0 Å². The van der Waals surface area contributed by atoms with Crippen LogP contribution in [-0.2, 0) is 11.3 Å². The van der Waals surface area contributed by atoms with E-state index >= 15 is 0 Å². The van der Waals surface area contributed by atoms with Gasteiger partial charge in [-0.2, -0.15) is 0 Å². The number of aromatic nitrogens is 1. The minimum absolute atomic E-state index is 0. The molecule has 1 aromatic heterocycles. The van der Waals surface area contributed by atoms with Crippen LogP contribution in [0.5, 0.6) is 0 Å². The number of hydrogen-bond acceptors (Lipinski definition) is 5. The van der Waals surface area contributed by atoms with Crippen molar-refractivity contribution in [1.82, 2.24) is 15.6 Å². The summed E-state index contributed by atoms with van der Waals surface area (Å²) < 4.78 is 5.33. The van der Waals surface area contributed by atoms with Gasteiger partial charge in [0.15, 0.2) is 11.1 Å². The fraction of sp³-hybridized carbons (Fsp3) is 0.733. The number of thiazole rings is 1. The van der Waals surface area contributed by atoms with Crippen molar-refractivity contribution >= 4 is 46.4 Å². The third-order valence-corrected chi connectivity index (χ3v) is 3.93. The van der Waals surface area contributed by atoms with Gasteiger partial charge in [-0.15, -0.1) is 35.3 Å². The van der Waals surface area contributed by atoms with Crippen molar-refractivity contribution in [2.45, 2.75) is 33.2 Å². The van der Waals surface area contributed by atoms with Crippen LogP contribution in [0.15, 0.2) is 10.4 Å². The SMILES string of the molecule is CCNC(=NCc1csc(N(C)C)n1)NCCCCOCC.I.